The molecule has 2 N–H and O–H groups in total. The van der Waals surface area contributed by atoms with Crippen molar-refractivity contribution < 1.29 is 14.0 Å². The number of halogens is 2. The number of piperidine rings is 2. The molecule has 1 saturated carbocycles. The average molecular weight is 664 g/mol. The fourth-order valence-corrected chi connectivity index (χ4v) is 8.12. The molecule has 0 unspecified atom stereocenters. The monoisotopic (exact) mass is 663 g/mol. The maximum absolute atomic E-state index is 14.3. The van der Waals surface area contributed by atoms with Crippen molar-refractivity contribution in [1.29, 1.82) is 0 Å². The van der Waals surface area contributed by atoms with Gasteiger partial charge in [-0.25, -0.2) is 9.37 Å². The van der Waals surface area contributed by atoms with Gasteiger partial charge in [0.25, 0.3) is 0 Å². The highest BCUT2D eigenvalue weighted by Gasteiger charge is 2.44. The topological polar surface area (TPSA) is 95.4 Å². The zero-order valence-electron chi connectivity index (χ0n) is 27.1. The molecule has 6 rings (SSSR count). The Kier molecular flexibility index (Phi) is 11.2. The maximum Gasteiger partial charge on any atom is 0.240 e. The lowest BCUT2D eigenvalue weighted by Gasteiger charge is -2.48. The van der Waals surface area contributed by atoms with E-state index in [0.717, 1.165) is 64.0 Å². The van der Waals surface area contributed by atoms with Gasteiger partial charge in [0.2, 0.25) is 11.8 Å². The van der Waals surface area contributed by atoms with Crippen LogP contribution >= 0.6 is 11.6 Å². The molecule has 1 aliphatic carbocycles. The number of aromatic nitrogens is 3. The summed E-state index contributed by atoms with van der Waals surface area (Å²) < 4.78 is 15.2. The van der Waals surface area contributed by atoms with Crippen LogP contribution in [0.4, 0.5) is 10.1 Å². The summed E-state index contributed by atoms with van der Waals surface area (Å²) in [5.41, 5.74) is 1.80. The lowest BCUT2D eigenvalue weighted by atomic mass is 9.63. The number of carbonyl (C=O) groups is 2. The van der Waals surface area contributed by atoms with Crippen molar-refractivity contribution >= 4 is 29.1 Å². The van der Waals surface area contributed by atoms with Crippen molar-refractivity contribution in [2.45, 2.75) is 82.8 Å². The van der Waals surface area contributed by atoms with E-state index in [1.54, 1.807) is 18.5 Å². The number of rotatable bonds is 11. The smallest absolute Gasteiger partial charge is 0.240 e. The first-order valence-corrected chi connectivity index (χ1v) is 17.6. The van der Waals surface area contributed by atoms with Crippen molar-refractivity contribution in [2.75, 3.05) is 38.0 Å². The Balaban J connectivity index is 1.07. The van der Waals surface area contributed by atoms with E-state index in [9.17, 15) is 14.0 Å². The van der Waals surface area contributed by atoms with E-state index >= 15 is 0 Å². The zero-order valence-corrected chi connectivity index (χ0v) is 27.9. The number of amides is 2. The molecule has 2 saturated heterocycles. The predicted molar refractivity (Wildman–Crippen MR) is 181 cm³/mol. The van der Waals surface area contributed by atoms with Gasteiger partial charge in [0, 0.05) is 49.5 Å². The lowest BCUT2D eigenvalue weighted by Crippen LogP contribution is -2.56. The molecule has 2 amide bonds. The van der Waals surface area contributed by atoms with E-state index in [1.807, 2.05) is 35.3 Å². The Morgan fingerprint density at radius 1 is 0.936 bits per heavy atom. The van der Waals surface area contributed by atoms with E-state index in [2.05, 4.69) is 30.5 Å². The zero-order chi connectivity index (χ0) is 32.6. The van der Waals surface area contributed by atoms with Crippen LogP contribution in [0.25, 0.3) is 0 Å². The Morgan fingerprint density at radius 2 is 1.64 bits per heavy atom. The first-order valence-electron chi connectivity index (χ1n) is 17.2. The van der Waals surface area contributed by atoms with Crippen molar-refractivity contribution in [3.05, 3.63) is 77.6 Å². The number of anilines is 1. The molecule has 1 aromatic heterocycles. The van der Waals surface area contributed by atoms with Crippen LogP contribution in [0.3, 0.4) is 0 Å². The van der Waals surface area contributed by atoms with Crippen molar-refractivity contribution in [1.82, 2.24) is 29.9 Å². The number of carbonyl (C=O) groups excluding carboxylic acids is 2. The summed E-state index contributed by atoms with van der Waals surface area (Å²) in [7, 11) is 0. The minimum atomic E-state index is -0.341. The summed E-state index contributed by atoms with van der Waals surface area (Å²) in [5, 5.41) is 11.7. The van der Waals surface area contributed by atoms with Gasteiger partial charge in [0.1, 0.15) is 18.5 Å². The number of likely N-dealkylation sites (tertiary alicyclic amines) is 2. The second-order valence-electron chi connectivity index (χ2n) is 13.8. The average Bonchev–Trinajstić information content (AvgIpc) is 3.60. The van der Waals surface area contributed by atoms with Crippen molar-refractivity contribution in [3.8, 4) is 0 Å². The molecule has 3 fully saturated rings. The predicted octanol–water partition coefficient (Wildman–Crippen LogP) is 5.56. The summed E-state index contributed by atoms with van der Waals surface area (Å²) in [4.78, 5) is 35.3. The standard InChI is InChI=1S/C36H47ClFN7O2/c37-29-8-6-27(7-9-29)22-33(41-32-14-18-43(19-15-32)23-34(46)42-31-12-10-30(38)11-13-31)35(47)44-20-16-36(17-21-44,24-45-26-39-25-40-45)28-4-2-1-3-5-28/h6-13,25-26,28,32-33,41H,1-5,14-24H2,(H,42,46)/t33-/m1/s1. The van der Waals surface area contributed by atoms with Gasteiger partial charge in [0.05, 0.1) is 12.6 Å². The van der Waals surface area contributed by atoms with Crippen LogP contribution in [0.5, 0.6) is 0 Å². The fourth-order valence-electron chi connectivity index (χ4n) is 7.99. The summed E-state index contributed by atoms with van der Waals surface area (Å²) in [6.07, 6.45) is 14.1. The van der Waals surface area contributed by atoms with Crippen LogP contribution in [0.15, 0.2) is 61.2 Å². The van der Waals surface area contributed by atoms with Gasteiger partial charge >= 0.3 is 0 Å². The normalized spacial score (nSPS) is 20.2. The minimum absolute atomic E-state index is 0.114. The Bertz CT molecular complexity index is 1430. The highest BCUT2D eigenvalue weighted by atomic mass is 35.5. The van der Waals surface area contributed by atoms with E-state index in [1.165, 1.54) is 44.2 Å². The van der Waals surface area contributed by atoms with Crippen molar-refractivity contribution in [2.24, 2.45) is 11.3 Å². The quantitative estimate of drug-likeness (QED) is 0.279. The third-order valence-electron chi connectivity index (χ3n) is 10.7. The van der Waals surface area contributed by atoms with Crippen molar-refractivity contribution in [3.63, 3.8) is 0 Å². The second-order valence-corrected chi connectivity index (χ2v) is 14.2. The highest BCUT2D eigenvalue weighted by Crippen LogP contribution is 2.47. The number of hydrogen-bond donors (Lipinski definition) is 2. The number of hydrogen-bond acceptors (Lipinski definition) is 6. The molecule has 0 spiro atoms. The van der Waals surface area contributed by atoms with Gasteiger partial charge < -0.3 is 15.5 Å². The van der Waals surface area contributed by atoms with Crippen LogP contribution < -0.4 is 10.6 Å². The molecule has 47 heavy (non-hydrogen) atoms. The largest absolute Gasteiger partial charge is 0.341 e. The third-order valence-corrected chi connectivity index (χ3v) is 10.9. The summed E-state index contributed by atoms with van der Waals surface area (Å²) >= 11 is 6.18. The Labute approximate surface area is 282 Å². The van der Waals surface area contributed by atoms with Crippen LogP contribution in [-0.4, -0.2) is 81.2 Å². The number of nitrogens with one attached hydrogen (secondary N) is 2. The number of benzene rings is 2. The van der Waals surface area contributed by atoms with Crippen LogP contribution in [-0.2, 0) is 22.6 Å². The molecule has 11 heteroatoms. The molecule has 3 heterocycles. The first kappa shape index (κ1) is 33.6. The van der Waals surface area contributed by atoms with Gasteiger partial charge in [-0.3, -0.25) is 19.2 Å². The van der Waals surface area contributed by atoms with Gasteiger partial charge in [0.15, 0.2) is 0 Å². The molecule has 3 aliphatic rings. The minimum Gasteiger partial charge on any atom is -0.341 e. The molecule has 9 nitrogen and oxygen atoms in total. The molecule has 3 aromatic rings. The molecule has 2 aliphatic heterocycles. The van der Waals surface area contributed by atoms with Gasteiger partial charge in [-0.15, -0.1) is 0 Å². The molecular weight excluding hydrogens is 617 g/mol. The van der Waals surface area contributed by atoms with Crippen LogP contribution in [0.2, 0.25) is 5.02 Å². The van der Waals surface area contributed by atoms with E-state index < -0.39 is 0 Å². The summed E-state index contributed by atoms with van der Waals surface area (Å²) in [6.45, 7) is 4.17. The fraction of sp³-hybridized carbons (Fsp3) is 0.556. The Morgan fingerprint density at radius 3 is 2.30 bits per heavy atom. The second kappa shape index (κ2) is 15.7. The maximum atomic E-state index is 14.3. The molecule has 2 aromatic carbocycles. The SMILES string of the molecule is O=C(CN1CCC(N[C@H](Cc2ccc(Cl)cc2)C(=O)N2CCC(Cn3cncn3)(C3CCCCC3)CC2)CC1)Nc1ccc(F)cc1. The highest BCUT2D eigenvalue weighted by molar-refractivity contribution is 6.30. The summed E-state index contributed by atoms with van der Waals surface area (Å²) in [6, 6.07) is 13.4. The molecule has 252 valence electrons. The first-order chi connectivity index (χ1) is 22.8. The molecule has 0 radical (unpaired) electrons. The molecular formula is C36H47ClFN7O2. The lowest BCUT2D eigenvalue weighted by molar-refractivity contribution is -0.137. The van der Waals surface area contributed by atoms with E-state index in [0.29, 0.717) is 23.0 Å². The molecule has 0 bridgehead atoms. The molecule has 1 atom stereocenters. The van der Waals surface area contributed by atoms with Crippen LogP contribution in [0, 0.1) is 17.2 Å². The number of nitrogens with zero attached hydrogens (tertiary/aromatic N) is 5. The third kappa shape index (κ3) is 8.97. The Hall–Kier alpha value is -3.34. The van der Waals surface area contributed by atoms with E-state index in [4.69, 9.17) is 11.6 Å². The van der Waals surface area contributed by atoms with Gasteiger partial charge in [-0.1, -0.05) is 43.0 Å². The summed E-state index contributed by atoms with van der Waals surface area (Å²) in [5.74, 6) is 0.376. The van der Waals surface area contributed by atoms with Crippen LogP contribution in [0.1, 0.15) is 63.4 Å². The van der Waals surface area contributed by atoms with E-state index in [-0.39, 0.29) is 41.7 Å². The van der Waals surface area contributed by atoms with Gasteiger partial charge in [-0.05, 0) is 98.2 Å². The van der Waals surface area contributed by atoms with Gasteiger partial charge in [-0.2, -0.15) is 5.10 Å².